The Kier molecular flexibility index (Phi) is 6.42. The minimum absolute atomic E-state index is 0.263. The van der Waals surface area contributed by atoms with Gasteiger partial charge >= 0.3 is 0 Å². The van der Waals surface area contributed by atoms with Crippen molar-refractivity contribution < 1.29 is 25.2 Å². The van der Waals surface area contributed by atoms with Crippen LogP contribution in [0.3, 0.4) is 0 Å². The Morgan fingerprint density at radius 3 is 2.52 bits per heavy atom. The van der Waals surface area contributed by atoms with E-state index in [0.29, 0.717) is 11.1 Å². The van der Waals surface area contributed by atoms with Gasteiger partial charge in [0.05, 0.1) is 11.7 Å². The van der Waals surface area contributed by atoms with Crippen molar-refractivity contribution in [1.82, 2.24) is 0 Å². The summed E-state index contributed by atoms with van der Waals surface area (Å²) in [6.07, 6.45) is -3.75. The zero-order valence-electron chi connectivity index (χ0n) is 12.3. The number of nitrogens with one attached hydrogen (secondary N) is 1. The predicted molar refractivity (Wildman–Crippen MR) is 95.0 cm³/mol. The van der Waals surface area contributed by atoms with E-state index >= 15 is 0 Å². The lowest BCUT2D eigenvalue weighted by Gasteiger charge is -2.48. The van der Waals surface area contributed by atoms with Gasteiger partial charge in [0.1, 0.15) is 24.4 Å². The fraction of sp³-hybridized carbons (Fsp3) is 0.500. The Hall–Kier alpha value is -0.260. The molecular formula is C14H19NO5S3. The van der Waals surface area contributed by atoms with Crippen molar-refractivity contribution >= 4 is 39.3 Å². The Morgan fingerprint density at radius 1 is 1.30 bits per heavy atom. The molecule has 0 amide bonds. The molecule has 5 atom stereocenters. The SMILES string of the molecule is CSC(=N)c1ccccc1[C@]1(SS)O[C@H](CO)[C@@H](O)[C@H](O)[C@H]1O. The van der Waals surface area contributed by atoms with E-state index in [2.05, 4.69) is 11.7 Å². The Bertz CT molecular complexity index is 573. The molecule has 2 rings (SSSR count). The molecule has 0 radical (unpaired) electrons. The van der Waals surface area contributed by atoms with E-state index in [9.17, 15) is 20.4 Å². The quantitative estimate of drug-likeness (QED) is 0.197. The third-order valence-electron chi connectivity index (χ3n) is 3.84. The summed E-state index contributed by atoms with van der Waals surface area (Å²) >= 11 is 5.42. The minimum Gasteiger partial charge on any atom is -0.394 e. The summed E-state index contributed by atoms with van der Waals surface area (Å²) in [5.41, 5.74) is 0.983. The van der Waals surface area contributed by atoms with Gasteiger partial charge in [-0.25, -0.2) is 0 Å². The fourth-order valence-corrected chi connectivity index (χ4v) is 4.42. The number of hydrogen-bond donors (Lipinski definition) is 6. The molecule has 5 N–H and O–H groups in total. The van der Waals surface area contributed by atoms with Crippen LogP contribution in [0.2, 0.25) is 0 Å². The van der Waals surface area contributed by atoms with Crippen molar-refractivity contribution in [1.29, 1.82) is 5.41 Å². The molecule has 0 spiro atoms. The Balaban J connectivity index is 2.59. The minimum atomic E-state index is -1.52. The standard InChI is InChI=1S/C14H19NO5S3/c1-22-13(15)7-4-2-3-5-8(7)14(23-21)12(19)11(18)10(17)9(6-16)20-14/h2-5,9-12,15-19,21H,6H2,1H3/t9-,10-,11+,12-,14-/m1/s1. The molecule has 23 heavy (non-hydrogen) atoms. The predicted octanol–water partition coefficient (Wildman–Crippen LogP) is 0.580. The van der Waals surface area contributed by atoms with Crippen LogP contribution in [-0.4, -0.2) is 62.7 Å². The van der Waals surface area contributed by atoms with E-state index in [0.717, 1.165) is 10.8 Å². The average Bonchev–Trinajstić information content (AvgIpc) is 2.60. The molecule has 1 saturated heterocycles. The third kappa shape index (κ3) is 3.29. The molecular weight excluding hydrogens is 358 g/mol. The highest BCUT2D eigenvalue weighted by Crippen LogP contribution is 2.49. The van der Waals surface area contributed by atoms with Gasteiger partial charge in [0.25, 0.3) is 0 Å². The van der Waals surface area contributed by atoms with Gasteiger partial charge in [0.2, 0.25) is 0 Å². The molecule has 0 aromatic heterocycles. The van der Waals surface area contributed by atoms with Crippen LogP contribution in [0.15, 0.2) is 24.3 Å². The molecule has 6 nitrogen and oxygen atoms in total. The molecule has 0 bridgehead atoms. The molecule has 1 aromatic rings. The monoisotopic (exact) mass is 377 g/mol. The fourth-order valence-electron chi connectivity index (χ4n) is 2.58. The molecule has 9 heteroatoms. The van der Waals surface area contributed by atoms with Crippen molar-refractivity contribution in [3.8, 4) is 0 Å². The number of thioether (sulfide) groups is 1. The smallest absolute Gasteiger partial charge is 0.178 e. The van der Waals surface area contributed by atoms with Crippen molar-refractivity contribution in [2.45, 2.75) is 29.3 Å². The van der Waals surface area contributed by atoms with Crippen molar-refractivity contribution in [2.75, 3.05) is 12.9 Å². The molecule has 1 aliphatic rings. The molecule has 1 aromatic carbocycles. The van der Waals surface area contributed by atoms with Gasteiger partial charge in [0.15, 0.2) is 4.93 Å². The first-order valence-electron chi connectivity index (χ1n) is 6.80. The summed E-state index contributed by atoms with van der Waals surface area (Å²) in [6, 6.07) is 6.86. The van der Waals surface area contributed by atoms with Gasteiger partial charge in [-0.1, -0.05) is 35.1 Å². The van der Waals surface area contributed by atoms with Gasteiger partial charge in [-0.3, -0.25) is 5.41 Å². The first-order chi connectivity index (χ1) is 10.9. The highest BCUT2D eigenvalue weighted by molar-refractivity contribution is 8.68. The second-order valence-electron chi connectivity index (χ2n) is 5.10. The van der Waals surface area contributed by atoms with Crippen molar-refractivity contribution in [2.24, 2.45) is 0 Å². The Labute approximate surface area is 147 Å². The lowest BCUT2D eigenvalue weighted by Crippen LogP contribution is -2.62. The maximum Gasteiger partial charge on any atom is 0.178 e. The normalized spacial score (nSPS) is 34.3. The van der Waals surface area contributed by atoms with Crippen LogP contribution in [0.5, 0.6) is 0 Å². The van der Waals surface area contributed by atoms with Gasteiger partial charge in [-0.05, 0) is 6.26 Å². The number of benzene rings is 1. The first-order valence-corrected chi connectivity index (χ1v) is 9.90. The third-order valence-corrected chi connectivity index (χ3v) is 6.11. The van der Waals surface area contributed by atoms with Gasteiger partial charge < -0.3 is 25.2 Å². The van der Waals surface area contributed by atoms with Crippen LogP contribution < -0.4 is 0 Å². The lowest BCUT2D eigenvalue weighted by atomic mass is 9.88. The molecule has 1 fully saturated rings. The van der Waals surface area contributed by atoms with E-state index in [1.165, 1.54) is 11.8 Å². The van der Waals surface area contributed by atoms with Crippen LogP contribution in [-0.2, 0) is 9.67 Å². The van der Waals surface area contributed by atoms with Crippen LogP contribution in [0.25, 0.3) is 0 Å². The summed E-state index contributed by atoms with van der Waals surface area (Å²) in [5, 5.41) is 48.4. The van der Waals surface area contributed by atoms with E-state index in [-0.39, 0.29) is 5.04 Å². The number of ether oxygens (including phenoxy) is 1. The molecule has 128 valence electrons. The van der Waals surface area contributed by atoms with Gasteiger partial charge in [-0.2, -0.15) is 0 Å². The maximum absolute atomic E-state index is 10.5. The maximum atomic E-state index is 10.5. The summed E-state index contributed by atoms with van der Waals surface area (Å²) in [4.78, 5) is -1.52. The van der Waals surface area contributed by atoms with Crippen LogP contribution >= 0.6 is 34.2 Å². The van der Waals surface area contributed by atoms with E-state index < -0.39 is 36.0 Å². The van der Waals surface area contributed by atoms with Gasteiger partial charge in [-0.15, -0.1) is 23.4 Å². The molecule has 0 unspecified atom stereocenters. The highest BCUT2D eigenvalue weighted by atomic mass is 33.1. The van der Waals surface area contributed by atoms with Gasteiger partial charge in [0, 0.05) is 11.1 Å². The lowest BCUT2D eigenvalue weighted by molar-refractivity contribution is -0.245. The second kappa shape index (κ2) is 7.75. The molecule has 1 heterocycles. The van der Waals surface area contributed by atoms with Crippen LogP contribution in [0.4, 0.5) is 0 Å². The van der Waals surface area contributed by atoms with E-state index in [1.54, 1.807) is 30.5 Å². The summed E-state index contributed by atoms with van der Waals surface area (Å²) in [5.74, 6) is 0. The van der Waals surface area contributed by atoms with Crippen LogP contribution in [0.1, 0.15) is 11.1 Å². The van der Waals surface area contributed by atoms with Crippen LogP contribution in [0, 0.1) is 5.41 Å². The summed E-state index contributed by atoms with van der Waals surface area (Å²) in [6.45, 7) is -0.525. The number of thiol groups is 1. The number of rotatable bonds is 4. The topological polar surface area (TPSA) is 114 Å². The first kappa shape index (κ1) is 19.1. The zero-order valence-corrected chi connectivity index (χ0v) is 14.8. The zero-order chi connectivity index (χ0) is 17.2. The summed E-state index contributed by atoms with van der Waals surface area (Å²) < 4.78 is 5.76. The number of aliphatic hydroxyl groups is 4. The second-order valence-corrected chi connectivity index (χ2v) is 7.26. The van der Waals surface area contributed by atoms with E-state index in [1.807, 2.05) is 0 Å². The van der Waals surface area contributed by atoms with E-state index in [4.69, 9.17) is 10.1 Å². The average molecular weight is 378 g/mol. The van der Waals surface area contributed by atoms with Crippen molar-refractivity contribution in [3.05, 3.63) is 35.4 Å². The number of aliphatic hydroxyl groups excluding tert-OH is 4. The van der Waals surface area contributed by atoms with Crippen molar-refractivity contribution in [3.63, 3.8) is 0 Å². The Morgan fingerprint density at radius 2 is 1.96 bits per heavy atom. The summed E-state index contributed by atoms with van der Waals surface area (Å²) in [7, 11) is 0.855. The number of hydrogen-bond acceptors (Lipinski definition) is 9. The largest absolute Gasteiger partial charge is 0.394 e. The highest BCUT2D eigenvalue weighted by Gasteiger charge is 2.55. The molecule has 0 aliphatic carbocycles. The molecule has 1 aliphatic heterocycles. The molecule has 0 saturated carbocycles.